The first-order valence-electron chi connectivity index (χ1n) is 10.7. The van der Waals surface area contributed by atoms with E-state index in [1.54, 1.807) is 10.7 Å². The summed E-state index contributed by atoms with van der Waals surface area (Å²) in [7, 11) is 1.90. The van der Waals surface area contributed by atoms with Crippen molar-refractivity contribution >= 4 is 11.5 Å². The molecule has 2 aromatic heterocycles. The van der Waals surface area contributed by atoms with Crippen molar-refractivity contribution in [1.82, 2.24) is 24.9 Å². The summed E-state index contributed by atoms with van der Waals surface area (Å²) < 4.78 is 13.3. The molecule has 0 spiro atoms. The molecule has 0 aliphatic heterocycles. The van der Waals surface area contributed by atoms with Crippen LogP contribution in [0.15, 0.2) is 24.4 Å². The molecular formula is C22H32N6O3. The smallest absolute Gasteiger partial charge is 0.336 e. The van der Waals surface area contributed by atoms with Crippen molar-refractivity contribution in [2.75, 3.05) is 32.5 Å². The number of likely N-dealkylation sites (N-methyl/N-ethyl adjacent to an activating group) is 1. The summed E-state index contributed by atoms with van der Waals surface area (Å²) in [4.78, 5) is 8.64. The minimum absolute atomic E-state index is 0.0483. The number of aliphatic hydroxyl groups is 1. The van der Waals surface area contributed by atoms with Crippen molar-refractivity contribution < 1.29 is 14.6 Å². The third-order valence-electron chi connectivity index (χ3n) is 5.08. The molecule has 4 N–H and O–H groups in total. The Morgan fingerprint density at radius 3 is 2.84 bits per heavy atom. The van der Waals surface area contributed by atoms with Crippen molar-refractivity contribution in [2.24, 2.45) is 0 Å². The van der Waals surface area contributed by atoms with Crippen molar-refractivity contribution in [3.05, 3.63) is 41.2 Å². The minimum atomic E-state index is -0.156. The molecule has 2 heterocycles. The summed E-state index contributed by atoms with van der Waals surface area (Å²) in [5.74, 6) is 1.11. The van der Waals surface area contributed by atoms with Gasteiger partial charge in [-0.05, 0) is 43.7 Å². The molecule has 9 heteroatoms. The molecule has 0 bridgehead atoms. The van der Waals surface area contributed by atoms with Gasteiger partial charge in [-0.15, -0.1) is 5.10 Å². The predicted octanol–water partition coefficient (Wildman–Crippen LogP) is 2.13. The molecule has 3 rings (SSSR count). The molecule has 0 unspecified atom stereocenters. The van der Waals surface area contributed by atoms with Gasteiger partial charge in [0, 0.05) is 26.0 Å². The molecule has 0 radical (unpaired) electrons. The molecule has 1 aromatic carbocycles. The number of nitrogens with two attached hydrogens (primary N) is 1. The Labute approximate surface area is 182 Å². The first-order valence-corrected chi connectivity index (χ1v) is 10.7. The molecule has 0 saturated carbocycles. The van der Waals surface area contributed by atoms with E-state index in [4.69, 9.17) is 15.2 Å². The van der Waals surface area contributed by atoms with Crippen molar-refractivity contribution in [1.29, 1.82) is 0 Å². The lowest BCUT2D eigenvalue weighted by atomic mass is 10.0. The van der Waals surface area contributed by atoms with Gasteiger partial charge in [-0.1, -0.05) is 19.4 Å². The van der Waals surface area contributed by atoms with Crippen LogP contribution in [0.3, 0.4) is 0 Å². The largest absolute Gasteiger partial charge is 0.492 e. The number of hydrogen-bond acceptors (Lipinski definition) is 8. The van der Waals surface area contributed by atoms with Gasteiger partial charge in [-0.25, -0.2) is 9.50 Å². The number of hydrogen-bond donors (Lipinski definition) is 3. The lowest BCUT2D eigenvalue weighted by Crippen LogP contribution is -2.20. The highest BCUT2D eigenvalue weighted by Gasteiger charge is 2.16. The number of imidazole rings is 1. The fourth-order valence-electron chi connectivity index (χ4n) is 3.40. The number of fused-ring (bicyclic) bond motifs is 1. The van der Waals surface area contributed by atoms with Crippen LogP contribution in [0.4, 0.5) is 5.82 Å². The molecule has 168 valence electrons. The van der Waals surface area contributed by atoms with Crippen LogP contribution in [0.5, 0.6) is 11.8 Å². The van der Waals surface area contributed by atoms with E-state index in [-0.39, 0.29) is 24.5 Å². The minimum Gasteiger partial charge on any atom is -0.492 e. The van der Waals surface area contributed by atoms with Gasteiger partial charge in [-0.2, -0.15) is 4.98 Å². The van der Waals surface area contributed by atoms with E-state index in [0.29, 0.717) is 25.1 Å². The molecular weight excluding hydrogens is 396 g/mol. The predicted molar refractivity (Wildman–Crippen MR) is 120 cm³/mol. The number of ether oxygens (including phenoxy) is 2. The Bertz CT molecular complexity index is 985. The summed E-state index contributed by atoms with van der Waals surface area (Å²) in [6.45, 7) is 5.60. The molecule has 0 saturated heterocycles. The molecule has 3 aromatic rings. The van der Waals surface area contributed by atoms with E-state index in [1.807, 2.05) is 19.2 Å². The SMILES string of the molecule is CCC[C@H](CCO)Oc1nc(N)c2ncc(Cc3ccc(OCCNC)cc3C)n2n1. The standard InChI is InChI=1S/C22H32N6O3/c1-4-5-18(8-10-29)31-22-26-20(23)21-25-14-17(28(21)27-22)13-16-6-7-19(12-15(16)2)30-11-9-24-3/h6-7,12,14,18,24,29H,4-5,8-11,13H2,1-3H3,(H2,23,26,27)/t18-/m1/s1. The molecule has 9 nitrogen and oxygen atoms in total. The number of benzene rings is 1. The first kappa shape index (κ1) is 22.8. The van der Waals surface area contributed by atoms with E-state index < -0.39 is 0 Å². The summed E-state index contributed by atoms with van der Waals surface area (Å²) >= 11 is 0. The van der Waals surface area contributed by atoms with Crippen LogP contribution in [-0.2, 0) is 6.42 Å². The highest BCUT2D eigenvalue weighted by Crippen LogP contribution is 2.22. The molecule has 1 atom stereocenters. The molecule has 0 aliphatic rings. The number of nitrogens with zero attached hydrogens (tertiary/aromatic N) is 4. The van der Waals surface area contributed by atoms with Crippen LogP contribution in [0.2, 0.25) is 0 Å². The topological polar surface area (TPSA) is 120 Å². The number of aryl methyl sites for hydroxylation is 1. The second-order valence-electron chi connectivity index (χ2n) is 7.52. The van der Waals surface area contributed by atoms with Crippen LogP contribution < -0.4 is 20.5 Å². The molecule has 31 heavy (non-hydrogen) atoms. The molecule has 0 amide bonds. The third kappa shape index (κ3) is 5.83. The van der Waals surface area contributed by atoms with Gasteiger partial charge in [0.2, 0.25) is 0 Å². The summed E-state index contributed by atoms with van der Waals surface area (Å²) in [5.41, 5.74) is 9.77. The second kappa shape index (κ2) is 10.9. The van der Waals surface area contributed by atoms with E-state index in [9.17, 15) is 5.11 Å². The average Bonchev–Trinajstić information content (AvgIpc) is 3.14. The number of aromatic nitrogens is 4. The highest BCUT2D eigenvalue weighted by molar-refractivity contribution is 5.60. The van der Waals surface area contributed by atoms with Crippen molar-refractivity contribution in [3.63, 3.8) is 0 Å². The fourth-order valence-corrected chi connectivity index (χ4v) is 3.40. The van der Waals surface area contributed by atoms with Gasteiger partial charge in [-0.3, -0.25) is 0 Å². The normalized spacial score (nSPS) is 12.3. The van der Waals surface area contributed by atoms with Gasteiger partial charge < -0.3 is 25.6 Å². The van der Waals surface area contributed by atoms with Crippen LogP contribution in [0.1, 0.15) is 43.0 Å². The number of nitrogen functional groups attached to an aromatic ring is 1. The van der Waals surface area contributed by atoms with E-state index in [2.05, 4.69) is 40.3 Å². The third-order valence-corrected chi connectivity index (χ3v) is 5.08. The summed E-state index contributed by atoms with van der Waals surface area (Å²) in [5, 5.41) is 16.9. The van der Waals surface area contributed by atoms with E-state index in [1.165, 1.54) is 0 Å². The van der Waals surface area contributed by atoms with Gasteiger partial charge in [0.05, 0.1) is 11.9 Å². The van der Waals surface area contributed by atoms with Crippen molar-refractivity contribution in [2.45, 2.75) is 45.6 Å². The number of aliphatic hydroxyl groups excluding tert-OH is 1. The zero-order chi connectivity index (χ0) is 22.2. The van der Waals surface area contributed by atoms with Gasteiger partial charge in [0.1, 0.15) is 18.5 Å². The zero-order valence-corrected chi connectivity index (χ0v) is 18.5. The lowest BCUT2D eigenvalue weighted by molar-refractivity contribution is 0.133. The van der Waals surface area contributed by atoms with Crippen LogP contribution in [0, 0.1) is 6.92 Å². The monoisotopic (exact) mass is 428 g/mol. The van der Waals surface area contributed by atoms with Gasteiger partial charge in [0.15, 0.2) is 11.5 Å². The Morgan fingerprint density at radius 1 is 1.29 bits per heavy atom. The number of anilines is 1. The van der Waals surface area contributed by atoms with Gasteiger partial charge in [0.25, 0.3) is 0 Å². The lowest BCUT2D eigenvalue weighted by Gasteiger charge is -2.16. The van der Waals surface area contributed by atoms with E-state index in [0.717, 1.165) is 42.0 Å². The quantitative estimate of drug-likeness (QED) is 0.375. The highest BCUT2D eigenvalue weighted by atomic mass is 16.5. The Hall–Kier alpha value is -2.91. The first-order chi connectivity index (χ1) is 15.0. The molecule has 0 aliphatic carbocycles. The molecule has 0 fully saturated rings. The van der Waals surface area contributed by atoms with Crippen LogP contribution >= 0.6 is 0 Å². The van der Waals surface area contributed by atoms with Crippen LogP contribution in [-0.4, -0.2) is 57.6 Å². The Kier molecular flexibility index (Phi) is 8.02. The zero-order valence-electron chi connectivity index (χ0n) is 18.5. The van der Waals surface area contributed by atoms with Gasteiger partial charge >= 0.3 is 6.01 Å². The second-order valence-corrected chi connectivity index (χ2v) is 7.52. The van der Waals surface area contributed by atoms with Crippen LogP contribution in [0.25, 0.3) is 5.65 Å². The average molecular weight is 429 g/mol. The van der Waals surface area contributed by atoms with Crippen molar-refractivity contribution in [3.8, 4) is 11.8 Å². The maximum Gasteiger partial charge on any atom is 0.336 e. The number of nitrogens with one attached hydrogen (secondary N) is 1. The summed E-state index contributed by atoms with van der Waals surface area (Å²) in [6.07, 6.45) is 4.50. The summed E-state index contributed by atoms with van der Waals surface area (Å²) in [6, 6.07) is 6.27. The van der Waals surface area contributed by atoms with E-state index >= 15 is 0 Å². The maximum absolute atomic E-state index is 9.28. The number of rotatable bonds is 12. The Morgan fingerprint density at radius 2 is 2.13 bits per heavy atom. The fraction of sp³-hybridized carbons (Fsp3) is 0.500. The maximum atomic E-state index is 9.28. The Balaban J connectivity index is 1.82.